The van der Waals surface area contributed by atoms with Crippen LogP contribution in [0.1, 0.15) is 27.7 Å². The second-order valence-corrected chi connectivity index (χ2v) is 6.89. The first-order valence-electron chi connectivity index (χ1n) is 5.73. The molecule has 2 rings (SSSR count). The van der Waals surface area contributed by atoms with Crippen LogP contribution < -0.4 is 10.6 Å². The molecule has 1 fully saturated rings. The van der Waals surface area contributed by atoms with E-state index in [0.717, 1.165) is 6.33 Å². The average Bonchev–Trinajstić information content (AvgIpc) is 2.47. The standard InChI is InChI=1S/C10H16BN3O4S/c1-9(2)10(3,4)18-11(17-9)7-5-13-6-14-8(7)19(12,15)16/h5-6H,1-4H3,(H2,12,15,16). The summed E-state index contributed by atoms with van der Waals surface area (Å²) in [6.07, 6.45) is 2.46. The number of sulfonamides is 1. The third kappa shape index (κ3) is 2.51. The Balaban J connectivity index is 2.47. The average molecular weight is 285 g/mol. The Morgan fingerprint density at radius 1 is 1.21 bits per heavy atom. The van der Waals surface area contributed by atoms with Gasteiger partial charge in [0.2, 0.25) is 0 Å². The van der Waals surface area contributed by atoms with E-state index in [1.807, 2.05) is 27.7 Å². The lowest BCUT2D eigenvalue weighted by Gasteiger charge is -2.32. The molecule has 2 N–H and O–H groups in total. The topological polar surface area (TPSA) is 104 Å². The van der Waals surface area contributed by atoms with Crippen LogP contribution in [0.5, 0.6) is 0 Å². The molecule has 1 saturated heterocycles. The maximum Gasteiger partial charge on any atom is 0.499 e. The second-order valence-electron chi connectivity index (χ2n) is 5.42. The largest absolute Gasteiger partial charge is 0.499 e. The van der Waals surface area contributed by atoms with Crippen molar-refractivity contribution in [2.45, 2.75) is 43.9 Å². The minimum absolute atomic E-state index is 0.212. The highest BCUT2D eigenvalue weighted by molar-refractivity contribution is 7.89. The van der Waals surface area contributed by atoms with E-state index in [1.165, 1.54) is 6.20 Å². The van der Waals surface area contributed by atoms with E-state index in [-0.39, 0.29) is 10.5 Å². The molecule has 0 bridgehead atoms. The van der Waals surface area contributed by atoms with Gasteiger partial charge in [0.15, 0.2) is 5.03 Å². The molecule has 0 radical (unpaired) electrons. The van der Waals surface area contributed by atoms with E-state index in [9.17, 15) is 8.42 Å². The summed E-state index contributed by atoms with van der Waals surface area (Å²) in [7, 11) is -4.82. The van der Waals surface area contributed by atoms with E-state index in [1.54, 1.807) is 0 Å². The molecule has 1 aromatic heterocycles. The zero-order chi connectivity index (χ0) is 14.5. The molecule has 0 amide bonds. The summed E-state index contributed by atoms with van der Waals surface area (Å²) in [5, 5.41) is 4.85. The van der Waals surface area contributed by atoms with Crippen molar-refractivity contribution in [2.75, 3.05) is 0 Å². The Labute approximate surface area is 112 Å². The minimum Gasteiger partial charge on any atom is -0.399 e. The normalized spacial score (nSPS) is 21.6. The van der Waals surface area contributed by atoms with Gasteiger partial charge in [-0.05, 0) is 27.7 Å². The predicted molar refractivity (Wildman–Crippen MR) is 69.1 cm³/mol. The molecule has 19 heavy (non-hydrogen) atoms. The second kappa shape index (κ2) is 4.24. The maximum atomic E-state index is 11.5. The van der Waals surface area contributed by atoms with E-state index >= 15 is 0 Å². The lowest BCUT2D eigenvalue weighted by Crippen LogP contribution is -2.41. The van der Waals surface area contributed by atoms with Crippen LogP contribution in [0.4, 0.5) is 0 Å². The quantitative estimate of drug-likeness (QED) is 0.576. The van der Waals surface area contributed by atoms with Gasteiger partial charge in [0, 0.05) is 11.7 Å². The number of aromatic nitrogens is 2. The Morgan fingerprint density at radius 3 is 2.21 bits per heavy atom. The van der Waals surface area contributed by atoms with Crippen LogP contribution in [0, 0.1) is 0 Å². The summed E-state index contributed by atoms with van der Waals surface area (Å²) in [5.74, 6) is 0. The summed E-state index contributed by atoms with van der Waals surface area (Å²) < 4.78 is 34.5. The number of hydrogen-bond donors (Lipinski definition) is 1. The molecule has 104 valence electrons. The van der Waals surface area contributed by atoms with Crippen molar-refractivity contribution >= 4 is 22.6 Å². The van der Waals surface area contributed by atoms with Gasteiger partial charge in [-0.25, -0.2) is 23.5 Å². The van der Waals surface area contributed by atoms with Crippen LogP contribution in [0.25, 0.3) is 0 Å². The Morgan fingerprint density at radius 2 is 1.74 bits per heavy atom. The molecule has 0 atom stereocenters. The lowest BCUT2D eigenvalue weighted by atomic mass is 9.81. The van der Waals surface area contributed by atoms with Gasteiger partial charge in [-0.15, -0.1) is 0 Å². The SMILES string of the molecule is CC1(C)OB(c2cncnc2S(N)(=O)=O)OC1(C)C. The maximum absolute atomic E-state index is 11.5. The van der Waals surface area contributed by atoms with E-state index in [0.29, 0.717) is 0 Å². The predicted octanol–water partition coefficient (Wildman–Crippen LogP) is -0.577. The molecular formula is C10H16BN3O4S. The van der Waals surface area contributed by atoms with Crippen molar-refractivity contribution in [3.63, 3.8) is 0 Å². The number of rotatable bonds is 2. The zero-order valence-electron chi connectivity index (χ0n) is 11.2. The van der Waals surface area contributed by atoms with Crippen molar-refractivity contribution in [1.29, 1.82) is 0 Å². The molecule has 9 heteroatoms. The lowest BCUT2D eigenvalue weighted by molar-refractivity contribution is 0.00578. The fraction of sp³-hybridized carbons (Fsp3) is 0.600. The van der Waals surface area contributed by atoms with Crippen LogP contribution in [0.3, 0.4) is 0 Å². The van der Waals surface area contributed by atoms with Gasteiger partial charge >= 0.3 is 7.12 Å². The number of nitrogens with two attached hydrogens (primary N) is 1. The zero-order valence-corrected chi connectivity index (χ0v) is 12.1. The monoisotopic (exact) mass is 285 g/mol. The molecule has 1 aromatic rings. The van der Waals surface area contributed by atoms with Gasteiger partial charge in [-0.2, -0.15) is 0 Å². The van der Waals surface area contributed by atoms with Crippen molar-refractivity contribution in [1.82, 2.24) is 9.97 Å². The Hall–Kier alpha value is -1.03. The molecule has 1 aliphatic rings. The van der Waals surface area contributed by atoms with Gasteiger partial charge < -0.3 is 9.31 Å². The molecule has 2 heterocycles. The number of hydrogen-bond acceptors (Lipinski definition) is 6. The molecular weight excluding hydrogens is 269 g/mol. The van der Waals surface area contributed by atoms with Crippen molar-refractivity contribution in [3.8, 4) is 0 Å². The third-order valence-corrected chi connectivity index (χ3v) is 4.36. The van der Waals surface area contributed by atoms with Crippen molar-refractivity contribution < 1.29 is 17.7 Å². The summed E-state index contributed by atoms with van der Waals surface area (Å²) >= 11 is 0. The molecule has 0 spiro atoms. The van der Waals surface area contributed by atoms with Crippen LogP contribution in [0.2, 0.25) is 0 Å². The molecule has 0 aliphatic carbocycles. The molecule has 7 nitrogen and oxygen atoms in total. The summed E-state index contributed by atoms with van der Waals surface area (Å²) in [6.45, 7) is 7.47. The molecule has 0 aromatic carbocycles. The highest BCUT2D eigenvalue weighted by atomic mass is 32.2. The fourth-order valence-electron chi connectivity index (χ4n) is 1.70. The highest BCUT2D eigenvalue weighted by Crippen LogP contribution is 2.36. The Bertz CT molecular complexity index is 587. The molecule has 1 aliphatic heterocycles. The van der Waals surface area contributed by atoms with E-state index < -0.39 is 28.3 Å². The van der Waals surface area contributed by atoms with Crippen LogP contribution >= 0.6 is 0 Å². The van der Waals surface area contributed by atoms with E-state index in [4.69, 9.17) is 14.4 Å². The first kappa shape index (κ1) is 14.4. The minimum atomic E-state index is -3.96. The molecule has 0 saturated carbocycles. The van der Waals surface area contributed by atoms with Gasteiger partial charge in [-0.1, -0.05) is 0 Å². The Kier molecular flexibility index (Phi) is 3.21. The van der Waals surface area contributed by atoms with Gasteiger partial charge in [0.25, 0.3) is 10.0 Å². The van der Waals surface area contributed by atoms with E-state index in [2.05, 4.69) is 9.97 Å². The summed E-state index contributed by atoms with van der Waals surface area (Å²) in [5.41, 5.74) is -0.949. The summed E-state index contributed by atoms with van der Waals surface area (Å²) in [4.78, 5) is 7.51. The van der Waals surface area contributed by atoms with Crippen LogP contribution in [-0.2, 0) is 19.3 Å². The summed E-state index contributed by atoms with van der Waals surface area (Å²) in [6, 6.07) is 0. The highest BCUT2D eigenvalue weighted by Gasteiger charge is 2.53. The van der Waals surface area contributed by atoms with Crippen LogP contribution in [-0.4, -0.2) is 36.7 Å². The van der Waals surface area contributed by atoms with Gasteiger partial charge in [0.05, 0.1) is 11.2 Å². The first-order valence-corrected chi connectivity index (χ1v) is 7.27. The van der Waals surface area contributed by atoms with Gasteiger partial charge in [-0.3, -0.25) is 0 Å². The van der Waals surface area contributed by atoms with Crippen LogP contribution in [0.15, 0.2) is 17.6 Å². The van der Waals surface area contributed by atoms with Crippen molar-refractivity contribution in [2.24, 2.45) is 5.14 Å². The first-order chi connectivity index (χ1) is 8.55. The molecule has 0 unspecified atom stereocenters. The van der Waals surface area contributed by atoms with Gasteiger partial charge in [0.1, 0.15) is 6.33 Å². The number of nitrogens with zero attached hydrogens (tertiary/aromatic N) is 2. The third-order valence-electron chi connectivity index (χ3n) is 3.48. The smallest absolute Gasteiger partial charge is 0.399 e. The van der Waals surface area contributed by atoms with Crippen molar-refractivity contribution in [3.05, 3.63) is 12.5 Å². The fourth-order valence-corrected chi connectivity index (χ4v) is 2.37. The number of primary sulfonamides is 1.